The first-order valence-electron chi connectivity index (χ1n) is 14.8. The van der Waals surface area contributed by atoms with Crippen LogP contribution in [0.1, 0.15) is 62.4 Å². The van der Waals surface area contributed by atoms with Gasteiger partial charge in [-0.1, -0.05) is 6.07 Å². The SMILES string of the molecule is CC(=O)N1CCOCCOc2cccc(n2)C(=O)N[C@H]2C[C@@H](C(=O)N3CCC(CC3)C1)N(C1CCC(F)(F)CC1)C2. The molecule has 12 heteroatoms. The van der Waals surface area contributed by atoms with Gasteiger partial charge in [0.15, 0.2) is 0 Å². The number of carbonyl (C=O) groups is 3. The molecule has 0 radical (unpaired) electrons. The van der Waals surface area contributed by atoms with Gasteiger partial charge in [-0.25, -0.2) is 13.8 Å². The van der Waals surface area contributed by atoms with E-state index in [-0.39, 0.29) is 60.9 Å². The molecule has 5 heterocycles. The van der Waals surface area contributed by atoms with Gasteiger partial charge >= 0.3 is 0 Å². The van der Waals surface area contributed by atoms with Crippen molar-refractivity contribution in [1.29, 1.82) is 0 Å². The molecule has 2 saturated heterocycles. The summed E-state index contributed by atoms with van der Waals surface area (Å²) in [7, 11) is 0. The Hall–Kier alpha value is -2.86. The van der Waals surface area contributed by atoms with Gasteiger partial charge in [0.1, 0.15) is 12.3 Å². The van der Waals surface area contributed by atoms with Crippen LogP contribution in [0.2, 0.25) is 0 Å². The number of pyridine rings is 1. The fourth-order valence-electron chi connectivity index (χ4n) is 6.57. The number of halogens is 2. The molecule has 0 aromatic carbocycles. The Morgan fingerprint density at radius 1 is 1.02 bits per heavy atom. The second kappa shape index (κ2) is 13.0. The van der Waals surface area contributed by atoms with Gasteiger partial charge in [0.25, 0.3) is 5.91 Å². The number of nitrogens with zero attached hydrogens (tertiary/aromatic N) is 4. The third-order valence-electron chi connectivity index (χ3n) is 8.90. The number of likely N-dealkylation sites (tertiary alicyclic amines) is 1. The van der Waals surface area contributed by atoms with Crippen LogP contribution in [0.15, 0.2) is 18.2 Å². The van der Waals surface area contributed by atoms with E-state index in [1.165, 1.54) is 0 Å². The molecule has 2 atom stereocenters. The lowest BCUT2D eigenvalue weighted by Gasteiger charge is -2.40. The number of aromatic nitrogens is 1. The highest BCUT2D eigenvalue weighted by atomic mass is 19.3. The molecule has 41 heavy (non-hydrogen) atoms. The molecular formula is C29H41F2N5O5. The van der Waals surface area contributed by atoms with Crippen molar-refractivity contribution in [3.63, 3.8) is 0 Å². The van der Waals surface area contributed by atoms with Crippen LogP contribution in [-0.2, 0) is 14.3 Å². The number of hydrogen-bond donors (Lipinski definition) is 1. The van der Waals surface area contributed by atoms with E-state index in [1.54, 1.807) is 30.0 Å². The minimum Gasteiger partial charge on any atom is -0.475 e. The second-order valence-electron chi connectivity index (χ2n) is 11.8. The highest BCUT2D eigenvalue weighted by Gasteiger charge is 2.46. The zero-order valence-corrected chi connectivity index (χ0v) is 23.7. The lowest BCUT2D eigenvalue weighted by atomic mass is 9.90. The summed E-state index contributed by atoms with van der Waals surface area (Å²) in [4.78, 5) is 49.4. The topological polar surface area (TPSA) is 104 Å². The minimum atomic E-state index is -2.66. The molecule has 4 aliphatic heterocycles. The first-order valence-corrected chi connectivity index (χ1v) is 14.8. The average Bonchev–Trinajstić information content (AvgIpc) is 3.37. The first kappa shape index (κ1) is 29.6. The van der Waals surface area contributed by atoms with E-state index in [9.17, 15) is 23.2 Å². The van der Waals surface area contributed by atoms with Crippen molar-refractivity contribution in [2.45, 2.75) is 75.9 Å². The summed E-state index contributed by atoms with van der Waals surface area (Å²) in [5.74, 6) is -2.46. The highest BCUT2D eigenvalue weighted by molar-refractivity contribution is 5.92. The summed E-state index contributed by atoms with van der Waals surface area (Å²) in [5.41, 5.74) is 0.201. The van der Waals surface area contributed by atoms with E-state index in [4.69, 9.17) is 9.47 Å². The molecule has 1 N–H and O–H groups in total. The molecule has 0 spiro atoms. The monoisotopic (exact) mass is 577 g/mol. The normalized spacial score (nSPS) is 27.7. The van der Waals surface area contributed by atoms with Gasteiger partial charge in [-0.15, -0.1) is 0 Å². The maximum Gasteiger partial charge on any atom is 0.270 e. The summed E-state index contributed by atoms with van der Waals surface area (Å²) in [5, 5.41) is 3.03. The molecule has 1 saturated carbocycles. The molecule has 1 aromatic rings. The first-order chi connectivity index (χ1) is 19.7. The summed E-state index contributed by atoms with van der Waals surface area (Å²) in [6.45, 7) is 5.19. The Morgan fingerprint density at radius 2 is 1.78 bits per heavy atom. The maximum atomic E-state index is 14.0. The van der Waals surface area contributed by atoms with Gasteiger partial charge in [-0.05, 0) is 44.1 Å². The Morgan fingerprint density at radius 3 is 2.51 bits per heavy atom. The number of piperidine rings is 1. The fraction of sp³-hybridized carbons (Fsp3) is 0.724. The smallest absolute Gasteiger partial charge is 0.270 e. The standard InChI is InChI=1S/C29H41F2N5O5/c1-20(37)35-13-14-40-15-16-41-26-4-2-3-24(33-26)27(38)32-22-17-25(28(39)34-11-7-21(18-35)8-12-34)36(19-22)23-5-9-29(30,31)10-6-23/h2-4,21-23,25H,5-19H2,1H3,(H,32,38)/t22-,25-/m0/s1. The third kappa shape index (κ3) is 7.51. The lowest BCUT2D eigenvalue weighted by molar-refractivity contribution is -0.140. The molecule has 1 aromatic heterocycles. The number of hydrogen-bond acceptors (Lipinski definition) is 7. The van der Waals surface area contributed by atoms with E-state index in [0.29, 0.717) is 71.1 Å². The predicted molar refractivity (Wildman–Crippen MR) is 146 cm³/mol. The van der Waals surface area contributed by atoms with Crippen molar-refractivity contribution in [3.05, 3.63) is 23.9 Å². The van der Waals surface area contributed by atoms with Gasteiger partial charge in [0.2, 0.25) is 23.6 Å². The van der Waals surface area contributed by atoms with Crippen molar-refractivity contribution < 1.29 is 32.6 Å². The largest absolute Gasteiger partial charge is 0.475 e. The van der Waals surface area contributed by atoms with Gasteiger partial charge < -0.3 is 24.6 Å². The van der Waals surface area contributed by atoms with E-state index in [1.807, 2.05) is 4.90 Å². The number of rotatable bonds is 1. The molecule has 226 valence electrons. The predicted octanol–water partition coefficient (Wildman–Crippen LogP) is 2.33. The molecule has 1 aliphatic carbocycles. The van der Waals surface area contributed by atoms with Gasteiger partial charge in [-0.3, -0.25) is 19.3 Å². The van der Waals surface area contributed by atoms with Gasteiger partial charge in [-0.2, -0.15) is 0 Å². The second-order valence-corrected chi connectivity index (χ2v) is 11.8. The van der Waals surface area contributed by atoms with Crippen molar-refractivity contribution in [2.75, 3.05) is 52.5 Å². The zero-order chi connectivity index (χ0) is 29.0. The van der Waals surface area contributed by atoms with E-state index < -0.39 is 12.0 Å². The van der Waals surface area contributed by atoms with Crippen LogP contribution in [0, 0.1) is 5.92 Å². The Bertz CT molecular complexity index is 1090. The van der Waals surface area contributed by atoms with E-state index >= 15 is 0 Å². The maximum absolute atomic E-state index is 14.0. The molecule has 3 amide bonds. The van der Waals surface area contributed by atoms with Crippen molar-refractivity contribution in [2.24, 2.45) is 5.92 Å². The third-order valence-corrected chi connectivity index (χ3v) is 8.90. The Labute approximate surface area is 239 Å². The molecule has 6 rings (SSSR count). The van der Waals surface area contributed by atoms with E-state index in [2.05, 4.69) is 15.2 Å². The number of nitrogens with one attached hydrogen (secondary N) is 1. The van der Waals surface area contributed by atoms with Crippen molar-refractivity contribution in [3.8, 4) is 5.88 Å². The Kier molecular flexibility index (Phi) is 9.38. The van der Waals surface area contributed by atoms with E-state index in [0.717, 1.165) is 12.8 Å². The molecule has 10 nitrogen and oxygen atoms in total. The van der Waals surface area contributed by atoms with Crippen molar-refractivity contribution >= 4 is 17.7 Å². The number of amides is 3. The van der Waals surface area contributed by atoms with Crippen LogP contribution in [0.5, 0.6) is 5.88 Å². The highest BCUT2D eigenvalue weighted by Crippen LogP contribution is 2.38. The minimum absolute atomic E-state index is 0.00577. The fourth-order valence-corrected chi connectivity index (χ4v) is 6.57. The quantitative estimate of drug-likeness (QED) is 0.511. The number of alkyl halides is 2. The van der Waals surface area contributed by atoms with Crippen LogP contribution in [0.25, 0.3) is 0 Å². The average molecular weight is 578 g/mol. The number of carbonyl (C=O) groups excluding carboxylic acids is 3. The molecular weight excluding hydrogens is 536 g/mol. The summed E-state index contributed by atoms with van der Waals surface area (Å²) in [6, 6.07) is 4.05. The van der Waals surface area contributed by atoms with Crippen molar-refractivity contribution in [1.82, 2.24) is 25.0 Å². The molecule has 3 fully saturated rings. The van der Waals surface area contributed by atoms with Gasteiger partial charge in [0.05, 0.1) is 19.3 Å². The number of ether oxygens (including phenoxy) is 2. The summed E-state index contributed by atoms with van der Waals surface area (Å²) < 4.78 is 39.3. The van der Waals surface area contributed by atoms with Gasteiger partial charge in [0, 0.05) is 70.6 Å². The van der Waals surface area contributed by atoms with Crippen LogP contribution < -0.4 is 10.1 Å². The molecule has 0 unspecified atom stereocenters. The zero-order valence-electron chi connectivity index (χ0n) is 23.7. The van der Waals surface area contributed by atoms with Crippen LogP contribution in [0.3, 0.4) is 0 Å². The lowest BCUT2D eigenvalue weighted by Crippen LogP contribution is -2.52. The molecule has 6 bridgehead atoms. The Balaban J connectivity index is 1.34. The van der Waals surface area contributed by atoms with Crippen LogP contribution in [0.4, 0.5) is 8.78 Å². The van der Waals surface area contributed by atoms with Crippen LogP contribution >= 0.6 is 0 Å². The molecule has 5 aliphatic rings. The van der Waals surface area contributed by atoms with Crippen LogP contribution in [-0.4, -0.2) is 114 Å². The summed E-state index contributed by atoms with van der Waals surface area (Å²) in [6.07, 6.45) is 2.26. The summed E-state index contributed by atoms with van der Waals surface area (Å²) >= 11 is 0. The number of fused-ring (bicyclic) bond motifs is 10.